The van der Waals surface area contributed by atoms with Crippen LogP contribution in [0.25, 0.3) is 21.8 Å². The van der Waals surface area contributed by atoms with E-state index in [2.05, 4.69) is 101 Å². The number of hydrogen-bond donors (Lipinski definition) is 1. The maximum atomic E-state index is 3.70. The van der Waals surface area contributed by atoms with Crippen molar-refractivity contribution in [1.29, 1.82) is 0 Å². The van der Waals surface area contributed by atoms with Gasteiger partial charge in [0.15, 0.2) is 0 Å². The molecule has 1 aliphatic heterocycles. The van der Waals surface area contributed by atoms with Crippen LogP contribution in [0.3, 0.4) is 0 Å². The number of benzene rings is 3. The first kappa shape index (κ1) is 14.0. The van der Waals surface area contributed by atoms with Crippen LogP contribution in [0.1, 0.15) is 11.5 Å². The van der Waals surface area contributed by atoms with Gasteiger partial charge in [-0.25, -0.2) is 0 Å². The van der Waals surface area contributed by atoms with Crippen molar-refractivity contribution in [3.63, 3.8) is 0 Å². The third kappa shape index (κ3) is 1.76. The Morgan fingerprint density at radius 3 is 2.46 bits per heavy atom. The average molecular weight is 334 g/mol. The SMILES string of the molecule is C1=CC2c3c(ccc4c3[nH]c3ccccc34)N(c3ccccc3)C2C=C1. The molecule has 0 bridgehead atoms. The van der Waals surface area contributed by atoms with E-state index in [1.165, 1.54) is 38.7 Å². The van der Waals surface area contributed by atoms with Crippen LogP contribution in [0.5, 0.6) is 0 Å². The van der Waals surface area contributed by atoms with Crippen molar-refractivity contribution in [2.24, 2.45) is 0 Å². The fraction of sp³-hybridized carbons (Fsp3) is 0.0833. The standard InChI is InChI=1S/C24H18N2/c1-2-8-16(9-3-1)26-21-13-7-5-11-19(21)23-22(26)15-14-18-17-10-4-6-12-20(17)25-24(18)23/h1-15,19,21,25H. The van der Waals surface area contributed by atoms with E-state index in [9.17, 15) is 0 Å². The summed E-state index contributed by atoms with van der Waals surface area (Å²) in [7, 11) is 0. The van der Waals surface area contributed by atoms with Crippen molar-refractivity contribution in [2.75, 3.05) is 4.90 Å². The fourth-order valence-electron chi connectivity index (χ4n) is 4.65. The highest BCUT2D eigenvalue weighted by atomic mass is 15.2. The lowest BCUT2D eigenvalue weighted by atomic mass is 9.90. The molecule has 2 unspecified atom stereocenters. The van der Waals surface area contributed by atoms with Crippen LogP contribution in [-0.2, 0) is 0 Å². The second-order valence-corrected chi connectivity index (χ2v) is 7.08. The first-order valence-corrected chi connectivity index (χ1v) is 9.14. The fourth-order valence-corrected chi connectivity index (χ4v) is 4.65. The summed E-state index contributed by atoms with van der Waals surface area (Å²) in [5, 5.41) is 2.62. The third-order valence-electron chi connectivity index (χ3n) is 5.73. The largest absolute Gasteiger partial charge is 0.354 e. The van der Waals surface area contributed by atoms with Gasteiger partial charge in [-0.1, -0.05) is 66.8 Å². The number of aromatic nitrogens is 1. The molecule has 1 N–H and O–H groups in total. The van der Waals surface area contributed by atoms with Crippen LogP contribution >= 0.6 is 0 Å². The predicted molar refractivity (Wildman–Crippen MR) is 109 cm³/mol. The van der Waals surface area contributed by atoms with Crippen LogP contribution < -0.4 is 4.90 Å². The molecule has 0 radical (unpaired) electrons. The molecule has 0 saturated heterocycles. The van der Waals surface area contributed by atoms with E-state index in [-0.39, 0.29) is 0 Å². The minimum Gasteiger partial charge on any atom is -0.354 e. The lowest BCUT2D eigenvalue weighted by Crippen LogP contribution is -2.28. The predicted octanol–water partition coefficient (Wildman–Crippen LogP) is 6.05. The van der Waals surface area contributed by atoms with Crippen molar-refractivity contribution in [1.82, 2.24) is 4.98 Å². The summed E-state index contributed by atoms with van der Waals surface area (Å²) in [6.45, 7) is 0. The number of rotatable bonds is 1. The molecule has 0 fully saturated rings. The number of para-hydroxylation sites is 2. The first-order chi connectivity index (χ1) is 12.9. The zero-order chi connectivity index (χ0) is 17.1. The molecule has 2 heterocycles. The molecule has 0 spiro atoms. The van der Waals surface area contributed by atoms with Crippen LogP contribution in [-0.4, -0.2) is 11.0 Å². The van der Waals surface area contributed by atoms with E-state index in [4.69, 9.17) is 0 Å². The van der Waals surface area contributed by atoms with E-state index in [0.29, 0.717) is 12.0 Å². The second kappa shape index (κ2) is 5.12. The smallest absolute Gasteiger partial charge is 0.0630 e. The summed E-state index contributed by atoms with van der Waals surface area (Å²) in [5.41, 5.74) is 6.45. The molecule has 1 aliphatic carbocycles. The molecular weight excluding hydrogens is 316 g/mol. The van der Waals surface area contributed by atoms with Gasteiger partial charge >= 0.3 is 0 Å². The monoisotopic (exact) mass is 334 g/mol. The Morgan fingerprint density at radius 2 is 1.54 bits per heavy atom. The average Bonchev–Trinajstić information content (AvgIpc) is 3.24. The number of hydrogen-bond acceptors (Lipinski definition) is 1. The summed E-state index contributed by atoms with van der Waals surface area (Å²) in [6.07, 6.45) is 9.02. The summed E-state index contributed by atoms with van der Waals surface area (Å²) in [4.78, 5) is 6.18. The number of nitrogens with one attached hydrogen (secondary N) is 1. The highest BCUT2D eigenvalue weighted by Gasteiger charge is 2.39. The third-order valence-corrected chi connectivity index (χ3v) is 5.73. The van der Waals surface area contributed by atoms with Crippen molar-refractivity contribution in [3.05, 3.63) is 96.6 Å². The minimum absolute atomic E-state index is 0.328. The van der Waals surface area contributed by atoms with Crippen molar-refractivity contribution < 1.29 is 0 Å². The Labute approximate surface area is 152 Å². The molecule has 1 aromatic heterocycles. The molecule has 4 aromatic rings. The zero-order valence-corrected chi connectivity index (χ0v) is 14.3. The van der Waals surface area contributed by atoms with Crippen LogP contribution in [0.4, 0.5) is 11.4 Å². The quantitative estimate of drug-likeness (QED) is 0.449. The first-order valence-electron chi connectivity index (χ1n) is 9.14. The molecule has 2 heteroatoms. The highest BCUT2D eigenvalue weighted by molar-refractivity contribution is 6.10. The van der Waals surface area contributed by atoms with Crippen LogP contribution in [0, 0.1) is 0 Å². The Kier molecular flexibility index (Phi) is 2.75. The maximum Gasteiger partial charge on any atom is 0.0630 e. The topological polar surface area (TPSA) is 19.0 Å². The summed E-state index contributed by atoms with van der Waals surface area (Å²) in [5.74, 6) is 0.368. The van der Waals surface area contributed by atoms with Gasteiger partial charge in [-0.15, -0.1) is 0 Å². The molecule has 2 aliphatic rings. The van der Waals surface area contributed by atoms with Crippen molar-refractivity contribution in [3.8, 4) is 0 Å². The van der Waals surface area contributed by atoms with Gasteiger partial charge in [-0.05, 0) is 24.3 Å². The second-order valence-electron chi connectivity index (χ2n) is 7.08. The van der Waals surface area contributed by atoms with E-state index < -0.39 is 0 Å². The Balaban J connectivity index is 1.69. The van der Waals surface area contributed by atoms with Crippen molar-refractivity contribution in [2.45, 2.75) is 12.0 Å². The van der Waals surface area contributed by atoms with Gasteiger partial charge in [0.05, 0.1) is 11.6 Å². The van der Waals surface area contributed by atoms with Crippen molar-refractivity contribution >= 4 is 33.2 Å². The Hall–Kier alpha value is -3.26. The lowest BCUT2D eigenvalue weighted by molar-refractivity contribution is 0.746. The van der Waals surface area contributed by atoms with Gasteiger partial charge in [0.25, 0.3) is 0 Å². The van der Waals surface area contributed by atoms with E-state index in [1.54, 1.807) is 0 Å². The number of allylic oxidation sites excluding steroid dienone is 2. The maximum absolute atomic E-state index is 3.70. The van der Waals surface area contributed by atoms with Gasteiger partial charge in [0.2, 0.25) is 0 Å². The summed E-state index contributed by atoms with van der Waals surface area (Å²) < 4.78 is 0. The number of nitrogens with zero attached hydrogens (tertiary/aromatic N) is 1. The number of H-pyrrole nitrogens is 1. The molecule has 0 saturated carbocycles. The molecule has 3 aromatic carbocycles. The number of aromatic amines is 1. The Morgan fingerprint density at radius 1 is 0.731 bits per heavy atom. The minimum atomic E-state index is 0.328. The van der Waals surface area contributed by atoms with Crippen LogP contribution in [0.15, 0.2) is 91.0 Å². The molecule has 0 amide bonds. The van der Waals surface area contributed by atoms with Gasteiger partial charge in [0, 0.05) is 39.1 Å². The molecule has 2 atom stereocenters. The molecular formula is C24H18N2. The normalized spacial score (nSPS) is 20.7. The van der Waals surface area contributed by atoms with Crippen LogP contribution in [0.2, 0.25) is 0 Å². The summed E-state index contributed by atoms with van der Waals surface area (Å²) >= 11 is 0. The van der Waals surface area contributed by atoms with E-state index in [1.807, 2.05) is 0 Å². The Bertz CT molecular complexity index is 1200. The highest BCUT2D eigenvalue weighted by Crippen LogP contribution is 2.50. The van der Waals surface area contributed by atoms with Gasteiger partial charge in [-0.2, -0.15) is 0 Å². The van der Waals surface area contributed by atoms with E-state index >= 15 is 0 Å². The molecule has 6 rings (SSSR count). The summed E-state index contributed by atoms with van der Waals surface area (Å²) in [6, 6.07) is 24.2. The van der Waals surface area contributed by atoms with Gasteiger partial charge in [-0.3, -0.25) is 0 Å². The number of anilines is 2. The number of fused-ring (bicyclic) bond motifs is 7. The molecule has 26 heavy (non-hydrogen) atoms. The van der Waals surface area contributed by atoms with Gasteiger partial charge in [0.1, 0.15) is 0 Å². The molecule has 124 valence electrons. The van der Waals surface area contributed by atoms with Gasteiger partial charge < -0.3 is 9.88 Å². The lowest BCUT2D eigenvalue weighted by Gasteiger charge is -2.28. The molecule has 2 nitrogen and oxygen atoms in total. The van der Waals surface area contributed by atoms with E-state index in [0.717, 1.165) is 0 Å². The zero-order valence-electron chi connectivity index (χ0n) is 14.3.